The molecule has 69 valence electrons. The van der Waals surface area contributed by atoms with Gasteiger partial charge in [0.15, 0.2) is 0 Å². The maximum Gasteiger partial charge on any atom is 0.409 e. The van der Waals surface area contributed by atoms with Crippen LogP contribution in [-0.4, -0.2) is 30.7 Å². The van der Waals surface area contributed by atoms with Crippen LogP contribution >= 0.6 is 0 Å². The van der Waals surface area contributed by atoms with Gasteiger partial charge >= 0.3 is 6.09 Å². The molecule has 1 saturated heterocycles. The van der Waals surface area contributed by atoms with Gasteiger partial charge in [0.25, 0.3) is 0 Å². The fraction of sp³-hybridized carbons (Fsp3) is 0.778. The average Bonchev–Trinajstić information content (AvgIpc) is 2.06. The Labute approximate surface area is 73.7 Å². The Kier molecular flexibility index (Phi) is 3.38. The van der Waals surface area contributed by atoms with Gasteiger partial charge in [-0.1, -0.05) is 6.92 Å². The number of hydrogen-bond donors (Lipinski definition) is 0. The molecule has 3 heteroatoms. The van der Waals surface area contributed by atoms with Crippen LogP contribution in [0, 0.1) is 12.8 Å². The van der Waals surface area contributed by atoms with Crippen LogP contribution in [0.25, 0.3) is 0 Å². The van der Waals surface area contributed by atoms with Crippen molar-refractivity contribution >= 4 is 6.09 Å². The minimum absolute atomic E-state index is 0.176. The van der Waals surface area contributed by atoms with Gasteiger partial charge in [-0.15, -0.1) is 0 Å². The van der Waals surface area contributed by atoms with E-state index in [-0.39, 0.29) is 6.09 Å². The molecular weight excluding hydrogens is 154 g/mol. The number of likely N-dealkylation sites (tertiary alicyclic amines) is 1. The van der Waals surface area contributed by atoms with Crippen molar-refractivity contribution in [3.63, 3.8) is 0 Å². The first-order valence-electron chi connectivity index (χ1n) is 4.48. The summed E-state index contributed by atoms with van der Waals surface area (Å²) in [6.45, 7) is 7.84. The summed E-state index contributed by atoms with van der Waals surface area (Å²) in [7, 11) is 0. The summed E-state index contributed by atoms with van der Waals surface area (Å²) < 4.78 is 4.88. The third-order valence-electron chi connectivity index (χ3n) is 2.14. The Morgan fingerprint density at radius 2 is 2.17 bits per heavy atom. The van der Waals surface area contributed by atoms with Gasteiger partial charge in [-0.3, -0.25) is 0 Å². The lowest BCUT2D eigenvalue weighted by Crippen LogP contribution is -2.38. The lowest BCUT2D eigenvalue weighted by Gasteiger charge is -2.29. The third kappa shape index (κ3) is 2.40. The van der Waals surface area contributed by atoms with E-state index in [0.29, 0.717) is 12.5 Å². The summed E-state index contributed by atoms with van der Waals surface area (Å²) in [5.74, 6) is 0.510. The van der Waals surface area contributed by atoms with Gasteiger partial charge in [-0.2, -0.15) is 0 Å². The zero-order valence-electron chi connectivity index (χ0n) is 7.58. The molecule has 1 heterocycles. The van der Waals surface area contributed by atoms with E-state index in [1.165, 1.54) is 0 Å². The number of piperidine rings is 1. The quantitative estimate of drug-likeness (QED) is 0.599. The molecule has 1 aliphatic heterocycles. The first-order valence-corrected chi connectivity index (χ1v) is 4.48. The van der Waals surface area contributed by atoms with Crippen molar-refractivity contribution in [3.05, 3.63) is 6.92 Å². The van der Waals surface area contributed by atoms with Gasteiger partial charge in [0.05, 0.1) is 6.61 Å². The van der Waals surface area contributed by atoms with Crippen molar-refractivity contribution in [3.8, 4) is 0 Å². The minimum atomic E-state index is -0.176. The number of rotatable bonds is 1. The third-order valence-corrected chi connectivity index (χ3v) is 2.14. The molecule has 1 rings (SSSR count). The lowest BCUT2D eigenvalue weighted by molar-refractivity contribution is 0.0952. The first kappa shape index (κ1) is 9.36. The second kappa shape index (κ2) is 4.33. The molecule has 0 saturated carbocycles. The van der Waals surface area contributed by atoms with Crippen molar-refractivity contribution in [1.82, 2.24) is 4.90 Å². The lowest BCUT2D eigenvalue weighted by atomic mass is 10.00. The normalized spacial score (nSPS) is 19.3. The van der Waals surface area contributed by atoms with Crippen LogP contribution in [0.5, 0.6) is 0 Å². The highest BCUT2D eigenvalue weighted by molar-refractivity contribution is 5.67. The molecule has 12 heavy (non-hydrogen) atoms. The van der Waals surface area contributed by atoms with Crippen LogP contribution in [0.4, 0.5) is 4.79 Å². The van der Waals surface area contributed by atoms with E-state index in [0.717, 1.165) is 25.9 Å². The van der Waals surface area contributed by atoms with Gasteiger partial charge < -0.3 is 9.64 Å². The Morgan fingerprint density at radius 1 is 1.58 bits per heavy atom. The van der Waals surface area contributed by atoms with Gasteiger partial charge in [-0.05, 0) is 25.7 Å². The number of carbonyl (C=O) groups is 1. The fourth-order valence-corrected chi connectivity index (χ4v) is 1.33. The molecule has 1 aliphatic rings. The molecule has 3 nitrogen and oxygen atoms in total. The summed E-state index contributed by atoms with van der Waals surface area (Å²) >= 11 is 0. The van der Waals surface area contributed by atoms with Crippen LogP contribution < -0.4 is 0 Å². The summed E-state index contributed by atoms with van der Waals surface area (Å²) in [4.78, 5) is 12.9. The SMILES string of the molecule is [CH2]C1CCN(C(=O)OCC)CC1. The van der Waals surface area contributed by atoms with E-state index < -0.39 is 0 Å². The molecule has 1 amide bonds. The van der Waals surface area contributed by atoms with E-state index in [2.05, 4.69) is 6.92 Å². The standard InChI is InChI=1S/C9H16NO2/c1-3-12-9(11)10-6-4-8(2)5-7-10/h8H,2-7H2,1H3. The number of carbonyl (C=O) groups excluding carboxylic acids is 1. The fourth-order valence-electron chi connectivity index (χ4n) is 1.33. The van der Waals surface area contributed by atoms with Crippen LogP contribution in [0.15, 0.2) is 0 Å². The summed E-state index contributed by atoms with van der Waals surface area (Å²) in [5.41, 5.74) is 0. The molecule has 0 bridgehead atoms. The van der Waals surface area contributed by atoms with Gasteiger partial charge in [0.1, 0.15) is 0 Å². The predicted molar refractivity (Wildman–Crippen MR) is 46.7 cm³/mol. The van der Waals surface area contributed by atoms with Crippen molar-refractivity contribution in [2.45, 2.75) is 19.8 Å². The van der Waals surface area contributed by atoms with E-state index in [4.69, 9.17) is 4.74 Å². The molecule has 0 aliphatic carbocycles. The maximum atomic E-state index is 11.2. The van der Waals surface area contributed by atoms with Crippen molar-refractivity contribution in [2.24, 2.45) is 5.92 Å². The molecule has 0 unspecified atom stereocenters. The van der Waals surface area contributed by atoms with Crippen LogP contribution in [0.1, 0.15) is 19.8 Å². The summed E-state index contributed by atoms with van der Waals surface area (Å²) in [6, 6.07) is 0. The zero-order valence-corrected chi connectivity index (χ0v) is 7.58. The summed E-state index contributed by atoms with van der Waals surface area (Å²) in [6.07, 6.45) is 1.82. The topological polar surface area (TPSA) is 29.5 Å². The Balaban J connectivity index is 2.29. The second-order valence-corrected chi connectivity index (χ2v) is 3.13. The molecule has 0 aromatic heterocycles. The highest BCUT2D eigenvalue weighted by Crippen LogP contribution is 2.15. The van der Waals surface area contributed by atoms with E-state index in [1.807, 2.05) is 6.92 Å². The van der Waals surface area contributed by atoms with E-state index in [9.17, 15) is 4.79 Å². The van der Waals surface area contributed by atoms with Crippen LogP contribution in [0.2, 0.25) is 0 Å². The smallest absolute Gasteiger partial charge is 0.409 e. The average molecular weight is 170 g/mol. The number of hydrogen-bond acceptors (Lipinski definition) is 2. The Hall–Kier alpha value is -0.730. The van der Waals surface area contributed by atoms with Crippen molar-refractivity contribution in [2.75, 3.05) is 19.7 Å². The van der Waals surface area contributed by atoms with Crippen LogP contribution in [-0.2, 0) is 4.74 Å². The van der Waals surface area contributed by atoms with Crippen molar-refractivity contribution < 1.29 is 9.53 Å². The van der Waals surface area contributed by atoms with E-state index in [1.54, 1.807) is 4.90 Å². The second-order valence-electron chi connectivity index (χ2n) is 3.13. The molecule has 0 spiro atoms. The monoisotopic (exact) mass is 170 g/mol. The molecule has 1 radical (unpaired) electrons. The number of amides is 1. The van der Waals surface area contributed by atoms with E-state index >= 15 is 0 Å². The van der Waals surface area contributed by atoms with Gasteiger partial charge in [0, 0.05) is 13.1 Å². The molecule has 0 aromatic rings. The number of nitrogens with zero attached hydrogens (tertiary/aromatic N) is 1. The molecule has 0 N–H and O–H groups in total. The largest absolute Gasteiger partial charge is 0.450 e. The highest BCUT2D eigenvalue weighted by atomic mass is 16.6. The maximum absolute atomic E-state index is 11.2. The Bertz CT molecular complexity index is 151. The summed E-state index contributed by atoms with van der Waals surface area (Å²) in [5, 5.41) is 0. The zero-order chi connectivity index (χ0) is 8.97. The molecule has 0 aromatic carbocycles. The Morgan fingerprint density at radius 3 is 2.67 bits per heavy atom. The highest BCUT2D eigenvalue weighted by Gasteiger charge is 2.20. The number of ether oxygens (including phenoxy) is 1. The van der Waals surface area contributed by atoms with Gasteiger partial charge in [0.2, 0.25) is 0 Å². The van der Waals surface area contributed by atoms with Crippen molar-refractivity contribution in [1.29, 1.82) is 0 Å². The van der Waals surface area contributed by atoms with Crippen LogP contribution in [0.3, 0.4) is 0 Å². The molecular formula is C9H16NO2. The molecule has 0 atom stereocenters. The minimum Gasteiger partial charge on any atom is -0.450 e. The molecule has 1 fully saturated rings. The predicted octanol–water partition coefficient (Wildman–Crippen LogP) is 1.69. The first-order chi connectivity index (χ1) is 5.74. The van der Waals surface area contributed by atoms with Gasteiger partial charge in [-0.25, -0.2) is 4.79 Å².